The molecule has 0 aromatic heterocycles. The molecule has 0 aliphatic carbocycles. The number of hydrogen-bond donors (Lipinski definition) is 0. The SMILES string of the molecule is COCOc1cc(OC)c(OCOC)c(CCCCCc2c(OCOC)c(OC)c(C(COC)OC)c(OCOC)c2OC)c1OC. The number of ether oxygens (including phenoxy) is 14. The highest BCUT2D eigenvalue weighted by Gasteiger charge is 2.33. The third kappa shape index (κ3) is 10.5. The molecule has 1 unspecified atom stereocenters. The number of methoxy groups -OCH3 is 10. The lowest BCUT2D eigenvalue weighted by atomic mass is 9.96. The average Bonchev–Trinajstić information content (AvgIpc) is 3.09. The van der Waals surface area contributed by atoms with Gasteiger partial charge in [-0.2, -0.15) is 0 Å². The third-order valence-electron chi connectivity index (χ3n) is 7.11. The first-order valence-corrected chi connectivity index (χ1v) is 15.0. The van der Waals surface area contributed by atoms with Gasteiger partial charge in [-0.15, -0.1) is 0 Å². The van der Waals surface area contributed by atoms with Crippen molar-refractivity contribution in [1.82, 2.24) is 0 Å². The summed E-state index contributed by atoms with van der Waals surface area (Å²) in [5.74, 6) is 3.82. The summed E-state index contributed by atoms with van der Waals surface area (Å²) in [7, 11) is 15.6. The molecule has 14 heteroatoms. The second kappa shape index (κ2) is 22.2. The van der Waals surface area contributed by atoms with Crippen molar-refractivity contribution in [3.8, 4) is 46.0 Å². The molecule has 0 heterocycles. The highest BCUT2D eigenvalue weighted by Crippen LogP contribution is 2.52. The van der Waals surface area contributed by atoms with E-state index in [2.05, 4.69) is 0 Å². The first-order chi connectivity index (χ1) is 23.0. The van der Waals surface area contributed by atoms with E-state index >= 15 is 0 Å². The van der Waals surface area contributed by atoms with Gasteiger partial charge in [0.25, 0.3) is 0 Å². The van der Waals surface area contributed by atoms with Crippen molar-refractivity contribution < 1.29 is 66.3 Å². The van der Waals surface area contributed by atoms with Gasteiger partial charge in [-0.25, -0.2) is 0 Å². The van der Waals surface area contributed by atoms with Crippen LogP contribution in [0.3, 0.4) is 0 Å². The van der Waals surface area contributed by atoms with Gasteiger partial charge in [0.1, 0.15) is 6.10 Å². The van der Waals surface area contributed by atoms with Crippen LogP contribution in [-0.2, 0) is 41.3 Å². The highest BCUT2D eigenvalue weighted by molar-refractivity contribution is 5.67. The molecule has 0 bridgehead atoms. The zero-order valence-electron chi connectivity index (χ0n) is 29.4. The van der Waals surface area contributed by atoms with Crippen LogP contribution in [0.4, 0.5) is 0 Å². The maximum atomic E-state index is 6.11. The van der Waals surface area contributed by atoms with E-state index in [0.29, 0.717) is 64.4 Å². The zero-order valence-corrected chi connectivity index (χ0v) is 29.4. The summed E-state index contributed by atoms with van der Waals surface area (Å²) in [6.07, 6.45) is 2.95. The molecule has 0 fully saturated rings. The second-order valence-corrected chi connectivity index (χ2v) is 9.98. The van der Waals surface area contributed by atoms with Crippen molar-refractivity contribution in [2.75, 3.05) is 105 Å². The molecule has 0 amide bonds. The topological polar surface area (TPSA) is 129 Å². The predicted octanol–water partition coefficient (Wildman–Crippen LogP) is 4.94. The molecule has 268 valence electrons. The van der Waals surface area contributed by atoms with Crippen molar-refractivity contribution in [2.45, 2.75) is 38.2 Å². The molecule has 14 nitrogen and oxygen atoms in total. The molecule has 2 aromatic carbocycles. The smallest absolute Gasteiger partial charge is 0.188 e. The summed E-state index contributed by atoms with van der Waals surface area (Å²) in [4.78, 5) is 0. The van der Waals surface area contributed by atoms with E-state index in [1.54, 1.807) is 77.2 Å². The van der Waals surface area contributed by atoms with Gasteiger partial charge in [0.05, 0.1) is 40.6 Å². The minimum absolute atomic E-state index is 0.0144. The Morgan fingerprint density at radius 1 is 0.447 bits per heavy atom. The fraction of sp³-hybridized carbons (Fsp3) is 0.636. The number of hydrogen-bond acceptors (Lipinski definition) is 14. The minimum atomic E-state index is -0.556. The van der Waals surface area contributed by atoms with Crippen LogP contribution in [0.2, 0.25) is 0 Å². The van der Waals surface area contributed by atoms with Gasteiger partial charge in [-0.3, -0.25) is 0 Å². The van der Waals surface area contributed by atoms with Gasteiger partial charge in [0.2, 0.25) is 0 Å². The summed E-state index contributed by atoms with van der Waals surface area (Å²) >= 11 is 0. The number of unbranched alkanes of at least 4 members (excludes halogenated alkanes) is 2. The van der Waals surface area contributed by atoms with Crippen molar-refractivity contribution >= 4 is 0 Å². The van der Waals surface area contributed by atoms with Gasteiger partial charge in [0, 0.05) is 59.9 Å². The van der Waals surface area contributed by atoms with Crippen LogP contribution in [0.25, 0.3) is 0 Å². The second-order valence-electron chi connectivity index (χ2n) is 9.98. The number of benzene rings is 2. The molecule has 0 N–H and O–H groups in total. The molecular formula is C33H52O14. The van der Waals surface area contributed by atoms with E-state index in [1.807, 2.05) is 0 Å². The average molecular weight is 673 g/mol. The van der Waals surface area contributed by atoms with Gasteiger partial charge in [-0.1, -0.05) is 6.42 Å². The Labute approximate surface area is 278 Å². The fourth-order valence-electron chi connectivity index (χ4n) is 5.15. The van der Waals surface area contributed by atoms with Crippen LogP contribution < -0.4 is 37.9 Å². The van der Waals surface area contributed by atoms with Gasteiger partial charge in [-0.05, 0) is 25.7 Å². The van der Waals surface area contributed by atoms with Crippen LogP contribution in [0.5, 0.6) is 46.0 Å². The minimum Gasteiger partial charge on any atom is -0.493 e. The van der Waals surface area contributed by atoms with Crippen LogP contribution in [0.15, 0.2) is 6.07 Å². The van der Waals surface area contributed by atoms with Crippen molar-refractivity contribution in [2.24, 2.45) is 0 Å². The molecule has 0 radical (unpaired) electrons. The molecule has 2 rings (SSSR count). The van der Waals surface area contributed by atoms with Crippen LogP contribution in [-0.4, -0.2) is 105 Å². The molecule has 0 spiro atoms. The first kappa shape index (κ1) is 39.8. The van der Waals surface area contributed by atoms with Crippen LogP contribution in [0, 0.1) is 0 Å². The van der Waals surface area contributed by atoms with Gasteiger partial charge >= 0.3 is 0 Å². The molecule has 0 saturated heterocycles. The lowest BCUT2D eigenvalue weighted by Crippen LogP contribution is -2.16. The van der Waals surface area contributed by atoms with Crippen molar-refractivity contribution in [1.29, 1.82) is 0 Å². The third-order valence-corrected chi connectivity index (χ3v) is 7.11. The molecule has 0 aliphatic heterocycles. The van der Waals surface area contributed by atoms with E-state index in [0.717, 1.165) is 30.4 Å². The van der Waals surface area contributed by atoms with Crippen LogP contribution in [0.1, 0.15) is 42.1 Å². The predicted molar refractivity (Wildman–Crippen MR) is 172 cm³/mol. The monoisotopic (exact) mass is 672 g/mol. The summed E-state index contributed by atoms with van der Waals surface area (Å²) in [5, 5.41) is 0. The van der Waals surface area contributed by atoms with E-state index in [-0.39, 0.29) is 33.8 Å². The summed E-state index contributed by atoms with van der Waals surface area (Å²) in [5.41, 5.74) is 2.12. The van der Waals surface area contributed by atoms with Crippen LogP contribution >= 0.6 is 0 Å². The van der Waals surface area contributed by atoms with Crippen molar-refractivity contribution in [3.05, 3.63) is 22.8 Å². The molecule has 0 saturated carbocycles. The van der Waals surface area contributed by atoms with E-state index in [1.165, 1.54) is 0 Å². The Hall–Kier alpha value is -3.40. The zero-order chi connectivity index (χ0) is 34.6. The van der Waals surface area contributed by atoms with E-state index in [9.17, 15) is 0 Å². The Kier molecular flexibility index (Phi) is 18.8. The molecule has 47 heavy (non-hydrogen) atoms. The lowest BCUT2D eigenvalue weighted by Gasteiger charge is -2.27. The highest BCUT2D eigenvalue weighted by atomic mass is 16.7. The normalized spacial score (nSPS) is 11.6. The number of rotatable bonds is 26. The summed E-state index contributed by atoms with van der Waals surface area (Å²) < 4.78 is 79.2. The molecular weight excluding hydrogens is 620 g/mol. The standard InChI is InChI=1S/C33H52O14/c1-34-17-26(40-7)27-32(43-10)31(46-20-37-4)23(30(42-9)33(27)47-21-38-5)15-13-11-12-14-22-28(41-8)25(44-18-35-2)16-24(39-6)29(22)45-19-36-3/h16,26H,11-15,17-21H2,1-10H3. The lowest BCUT2D eigenvalue weighted by molar-refractivity contribution is 0.0150. The van der Waals surface area contributed by atoms with Gasteiger partial charge in [0.15, 0.2) is 73.2 Å². The molecule has 2 aromatic rings. The summed E-state index contributed by atoms with van der Waals surface area (Å²) in [6, 6.07) is 1.71. The fourth-order valence-corrected chi connectivity index (χ4v) is 5.15. The maximum Gasteiger partial charge on any atom is 0.188 e. The Morgan fingerprint density at radius 2 is 0.957 bits per heavy atom. The quantitative estimate of drug-likeness (QED) is 0.0988. The molecule has 0 aliphatic rings. The van der Waals surface area contributed by atoms with Gasteiger partial charge < -0.3 is 66.3 Å². The first-order valence-electron chi connectivity index (χ1n) is 15.0. The van der Waals surface area contributed by atoms with E-state index in [4.69, 9.17) is 66.3 Å². The molecule has 1 atom stereocenters. The Balaban J connectivity index is 2.49. The van der Waals surface area contributed by atoms with E-state index < -0.39 is 6.10 Å². The van der Waals surface area contributed by atoms with Crippen molar-refractivity contribution in [3.63, 3.8) is 0 Å². The maximum absolute atomic E-state index is 6.11. The summed E-state index contributed by atoms with van der Waals surface area (Å²) in [6.45, 7) is 0.263. The Morgan fingerprint density at radius 3 is 1.45 bits per heavy atom. The largest absolute Gasteiger partial charge is 0.493 e. The Bertz CT molecular complexity index is 1190.